The first kappa shape index (κ1) is 24.4. The van der Waals surface area contributed by atoms with E-state index >= 15 is 0 Å². The summed E-state index contributed by atoms with van der Waals surface area (Å²) in [5, 5.41) is 13.1. The van der Waals surface area contributed by atoms with E-state index in [-0.39, 0.29) is 0 Å². The van der Waals surface area contributed by atoms with Gasteiger partial charge in [0.15, 0.2) is 0 Å². The van der Waals surface area contributed by atoms with E-state index in [1.54, 1.807) is 0 Å². The van der Waals surface area contributed by atoms with Gasteiger partial charge >= 0.3 is 0 Å². The molecule has 34 heavy (non-hydrogen) atoms. The SMILES string of the molecule is CN(C)CCC(O)(c1ccccc1)c1cc2nc(N(C)C)c(Cc3ccccc3)cc2cc1Br. The van der Waals surface area contributed by atoms with Gasteiger partial charge < -0.3 is 14.9 Å². The van der Waals surface area contributed by atoms with Crippen LogP contribution in [0.1, 0.15) is 28.7 Å². The van der Waals surface area contributed by atoms with Gasteiger partial charge in [0, 0.05) is 42.5 Å². The minimum Gasteiger partial charge on any atom is -0.380 e. The second-order valence-electron chi connectivity index (χ2n) is 9.33. The summed E-state index contributed by atoms with van der Waals surface area (Å²) in [5.41, 5.74) is 3.88. The number of anilines is 1. The standard InChI is InChI=1S/C29H32BrN3O/c1-32(2)16-15-29(34,24-13-9-6-10-14-24)25-20-27-22(19-26(25)30)18-23(28(31-27)33(3)4)17-21-11-7-5-8-12-21/h5-14,18-20,34H,15-17H2,1-4H3. The Labute approximate surface area is 211 Å². The summed E-state index contributed by atoms with van der Waals surface area (Å²) in [6, 6.07) is 26.7. The third kappa shape index (κ3) is 5.17. The molecule has 0 spiro atoms. The fourth-order valence-corrected chi connectivity index (χ4v) is 5.10. The molecule has 0 aliphatic heterocycles. The number of pyridine rings is 1. The molecule has 1 atom stereocenters. The van der Waals surface area contributed by atoms with Gasteiger partial charge in [0.2, 0.25) is 0 Å². The highest BCUT2D eigenvalue weighted by Gasteiger charge is 2.33. The second-order valence-corrected chi connectivity index (χ2v) is 10.2. The van der Waals surface area contributed by atoms with Crippen molar-refractivity contribution in [1.29, 1.82) is 0 Å². The first-order chi connectivity index (χ1) is 16.3. The topological polar surface area (TPSA) is 39.6 Å². The Balaban J connectivity index is 1.85. The Hall–Kier alpha value is -2.73. The third-order valence-electron chi connectivity index (χ3n) is 6.24. The van der Waals surface area contributed by atoms with E-state index in [2.05, 4.69) is 62.1 Å². The average molecular weight is 518 g/mol. The zero-order valence-corrected chi connectivity index (χ0v) is 21.9. The maximum Gasteiger partial charge on any atom is 0.132 e. The van der Waals surface area contributed by atoms with Gasteiger partial charge in [-0.05, 0) is 55.4 Å². The molecular weight excluding hydrogens is 486 g/mol. The predicted octanol–water partition coefficient (Wildman–Crippen LogP) is 5.84. The smallest absolute Gasteiger partial charge is 0.132 e. The minimum absolute atomic E-state index is 0.570. The third-order valence-corrected chi connectivity index (χ3v) is 6.89. The Morgan fingerprint density at radius 3 is 2.15 bits per heavy atom. The molecule has 4 rings (SSSR count). The summed E-state index contributed by atoms with van der Waals surface area (Å²) in [7, 11) is 8.11. The van der Waals surface area contributed by atoms with E-state index in [0.717, 1.165) is 45.3 Å². The van der Waals surface area contributed by atoms with Gasteiger partial charge in [-0.3, -0.25) is 0 Å². The number of aliphatic hydroxyl groups is 1. The number of aromatic nitrogens is 1. The van der Waals surface area contributed by atoms with Gasteiger partial charge in [0.1, 0.15) is 11.4 Å². The maximum atomic E-state index is 12.1. The van der Waals surface area contributed by atoms with Crippen molar-refractivity contribution in [3.63, 3.8) is 0 Å². The van der Waals surface area contributed by atoms with E-state index in [0.29, 0.717) is 6.42 Å². The predicted molar refractivity (Wildman–Crippen MR) is 146 cm³/mol. The summed E-state index contributed by atoms with van der Waals surface area (Å²) in [6.07, 6.45) is 1.38. The van der Waals surface area contributed by atoms with Crippen molar-refractivity contribution in [2.75, 3.05) is 39.6 Å². The molecule has 3 aromatic carbocycles. The van der Waals surface area contributed by atoms with Crippen LogP contribution in [0.2, 0.25) is 0 Å². The number of hydrogen-bond acceptors (Lipinski definition) is 4. The van der Waals surface area contributed by atoms with Crippen LogP contribution in [0.5, 0.6) is 0 Å². The van der Waals surface area contributed by atoms with Crippen LogP contribution >= 0.6 is 15.9 Å². The summed E-state index contributed by atoms with van der Waals surface area (Å²) in [4.78, 5) is 9.22. The molecule has 1 N–H and O–H groups in total. The quantitative estimate of drug-likeness (QED) is 0.318. The van der Waals surface area contributed by atoms with Crippen molar-refractivity contribution in [3.05, 3.63) is 106 Å². The van der Waals surface area contributed by atoms with E-state index < -0.39 is 5.60 Å². The molecule has 1 aromatic heterocycles. The van der Waals surface area contributed by atoms with Crippen molar-refractivity contribution < 1.29 is 5.11 Å². The molecule has 0 radical (unpaired) electrons. The van der Waals surface area contributed by atoms with Gasteiger partial charge in [-0.2, -0.15) is 0 Å². The molecule has 1 heterocycles. The van der Waals surface area contributed by atoms with Crippen molar-refractivity contribution >= 4 is 32.7 Å². The first-order valence-corrected chi connectivity index (χ1v) is 12.3. The van der Waals surface area contributed by atoms with Crippen LogP contribution in [-0.2, 0) is 12.0 Å². The summed E-state index contributed by atoms with van der Waals surface area (Å²) >= 11 is 3.78. The van der Waals surface area contributed by atoms with Crippen molar-refractivity contribution in [1.82, 2.24) is 9.88 Å². The number of rotatable bonds is 8. The summed E-state index contributed by atoms with van der Waals surface area (Å²) in [5.74, 6) is 0.946. The Kier molecular flexibility index (Phi) is 7.36. The van der Waals surface area contributed by atoms with E-state index in [9.17, 15) is 5.11 Å². The molecule has 1 unspecified atom stereocenters. The number of nitrogens with zero attached hydrogens (tertiary/aromatic N) is 3. The molecule has 4 aromatic rings. The minimum atomic E-state index is -1.14. The van der Waals surface area contributed by atoms with E-state index in [4.69, 9.17) is 4.98 Å². The van der Waals surface area contributed by atoms with Crippen LogP contribution < -0.4 is 4.90 Å². The monoisotopic (exact) mass is 517 g/mol. The van der Waals surface area contributed by atoms with Crippen LogP contribution in [0.4, 0.5) is 5.82 Å². The second kappa shape index (κ2) is 10.3. The Morgan fingerprint density at radius 1 is 0.882 bits per heavy atom. The summed E-state index contributed by atoms with van der Waals surface area (Å²) in [6.45, 7) is 0.752. The maximum absolute atomic E-state index is 12.1. The highest BCUT2D eigenvalue weighted by Crippen LogP contribution is 2.40. The highest BCUT2D eigenvalue weighted by molar-refractivity contribution is 9.10. The lowest BCUT2D eigenvalue weighted by Gasteiger charge is -2.32. The number of hydrogen-bond donors (Lipinski definition) is 1. The number of benzene rings is 3. The van der Waals surface area contributed by atoms with Crippen LogP contribution in [0.3, 0.4) is 0 Å². The van der Waals surface area contributed by atoms with Gasteiger partial charge in [0.05, 0.1) is 5.52 Å². The highest BCUT2D eigenvalue weighted by atomic mass is 79.9. The number of halogens is 1. The van der Waals surface area contributed by atoms with Crippen LogP contribution in [0, 0.1) is 0 Å². The van der Waals surface area contributed by atoms with Crippen molar-refractivity contribution in [2.45, 2.75) is 18.4 Å². The fraction of sp³-hybridized carbons (Fsp3) is 0.276. The molecule has 0 saturated carbocycles. The Bertz CT molecular complexity index is 1260. The molecule has 0 amide bonds. The molecule has 0 aliphatic carbocycles. The van der Waals surface area contributed by atoms with Crippen LogP contribution in [0.25, 0.3) is 10.9 Å². The fourth-order valence-electron chi connectivity index (χ4n) is 4.41. The average Bonchev–Trinajstić information content (AvgIpc) is 2.83. The van der Waals surface area contributed by atoms with Crippen molar-refractivity contribution in [2.24, 2.45) is 0 Å². The summed E-state index contributed by atoms with van der Waals surface area (Å²) < 4.78 is 0.884. The molecular formula is C29H32BrN3O. The van der Waals surface area contributed by atoms with Gasteiger partial charge in [-0.15, -0.1) is 0 Å². The molecule has 5 heteroatoms. The Morgan fingerprint density at radius 2 is 1.53 bits per heavy atom. The van der Waals surface area contributed by atoms with Crippen LogP contribution in [0.15, 0.2) is 83.3 Å². The molecule has 0 bridgehead atoms. The zero-order valence-electron chi connectivity index (χ0n) is 20.3. The van der Waals surface area contributed by atoms with Crippen LogP contribution in [-0.4, -0.2) is 49.7 Å². The molecule has 0 aliphatic rings. The molecule has 0 saturated heterocycles. The first-order valence-electron chi connectivity index (χ1n) is 11.6. The lowest BCUT2D eigenvalue weighted by atomic mass is 9.83. The van der Waals surface area contributed by atoms with Crippen molar-refractivity contribution in [3.8, 4) is 0 Å². The number of fused-ring (bicyclic) bond motifs is 1. The lowest BCUT2D eigenvalue weighted by Crippen LogP contribution is -2.32. The normalized spacial score (nSPS) is 13.3. The lowest BCUT2D eigenvalue weighted by molar-refractivity contribution is 0.0623. The van der Waals surface area contributed by atoms with Gasteiger partial charge in [-0.25, -0.2) is 4.98 Å². The van der Waals surface area contributed by atoms with Gasteiger partial charge in [0.25, 0.3) is 0 Å². The van der Waals surface area contributed by atoms with E-state index in [1.807, 2.05) is 70.7 Å². The molecule has 0 fully saturated rings. The molecule has 176 valence electrons. The van der Waals surface area contributed by atoms with E-state index in [1.165, 1.54) is 11.1 Å². The zero-order chi connectivity index (χ0) is 24.3. The van der Waals surface area contributed by atoms with Gasteiger partial charge in [-0.1, -0.05) is 76.6 Å². The molecule has 4 nitrogen and oxygen atoms in total. The largest absolute Gasteiger partial charge is 0.380 e.